The van der Waals surface area contributed by atoms with Crippen molar-refractivity contribution in [2.45, 2.75) is 12.9 Å². The summed E-state index contributed by atoms with van der Waals surface area (Å²) in [7, 11) is 0. The molecule has 178 valence electrons. The second-order valence-corrected chi connectivity index (χ2v) is 7.30. The summed E-state index contributed by atoms with van der Waals surface area (Å²) in [6, 6.07) is 9.52. The van der Waals surface area contributed by atoms with Crippen LogP contribution in [0.1, 0.15) is 21.5 Å². The van der Waals surface area contributed by atoms with Crippen LogP contribution in [0.15, 0.2) is 73.3 Å². The van der Waals surface area contributed by atoms with E-state index in [1.54, 1.807) is 12.1 Å². The van der Waals surface area contributed by atoms with E-state index >= 15 is 0 Å². The van der Waals surface area contributed by atoms with E-state index in [1.807, 2.05) is 0 Å². The molecule has 11 heteroatoms. The smallest absolute Gasteiger partial charge is 0.325 e. The van der Waals surface area contributed by atoms with Crippen LogP contribution in [0.2, 0.25) is 0 Å². The van der Waals surface area contributed by atoms with Gasteiger partial charge in [0.2, 0.25) is 0 Å². The Morgan fingerprint density at radius 1 is 0.886 bits per heavy atom. The van der Waals surface area contributed by atoms with E-state index in [0.29, 0.717) is 17.4 Å². The van der Waals surface area contributed by atoms with E-state index < -0.39 is 30.1 Å². The average Bonchev–Trinajstić information content (AvgIpc) is 2.84. The standard InChI is InChI=1S/C24H16F5N5O/c25-11-14-1-4-21(32-12-14)34-22-9-15(5-8-31-22)23(35)33-20-13-30-7-6-18(20)17-3-2-16(26)10-19(17)24(27,28)29/h1-10,12-13H,11H2,(H,33,35)(H,31,32,34). The molecule has 0 spiro atoms. The molecule has 0 saturated carbocycles. The first-order valence-electron chi connectivity index (χ1n) is 10.1. The molecule has 3 aromatic heterocycles. The van der Waals surface area contributed by atoms with Gasteiger partial charge in [0, 0.05) is 35.3 Å². The van der Waals surface area contributed by atoms with Crippen LogP contribution in [0, 0.1) is 5.82 Å². The quantitative estimate of drug-likeness (QED) is 0.320. The first kappa shape index (κ1) is 23.7. The molecule has 1 amide bonds. The molecule has 0 aliphatic rings. The van der Waals surface area contributed by atoms with Gasteiger partial charge >= 0.3 is 6.18 Å². The fourth-order valence-corrected chi connectivity index (χ4v) is 3.26. The fraction of sp³-hybridized carbons (Fsp3) is 0.0833. The predicted octanol–water partition coefficient (Wildman–Crippen LogP) is 6.16. The van der Waals surface area contributed by atoms with E-state index in [1.165, 1.54) is 43.0 Å². The Morgan fingerprint density at radius 2 is 1.71 bits per heavy atom. The summed E-state index contributed by atoms with van der Waals surface area (Å²) >= 11 is 0. The zero-order valence-corrected chi connectivity index (χ0v) is 17.8. The van der Waals surface area contributed by atoms with Crippen LogP contribution < -0.4 is 10.6 Å². The van der Waals surface area contributed by atoms with Crippen LogP contribution in [-0.4, -0.2) is 20.9 Å². The van der Waals surface area contributed by atoms with Gasteiger partial charge in [0.25, 0.3) is 5.91 Å². The second-order valence-electron chi connectivity index (χ2n) is 7.30. The maximum atomic E-state index is 13.5. The first-order chi connectivity index (χ1) is 16.7. The van der Waals surface area contributed by atoms with Gasteiger partial charge < -0.3 is 10.6 Å². The third-order valence-electron chi connectivity index (χ3n) is 4.90. The number of hydrogen-bond donors (Lipinski definition) is 2. The lowest BCUT2D eigenvalue weighted by atomic mass is 9.98. The maximum absolute atomic E-state index is 13.5. The molecule has 1 aromatic carbocycles. The fourth-order valence-electron chi connectivity index (χ4n) is 3.26. The van der Waals surface area contributed by atoms with Gasteiger partial charge in [0.1, 0.15) is 24.1 Å². The van der Waals surface area contributed by atoms with Crippen molar-refractivity contribution in [3.05, 3.63) is 95.8 Å². The molecule has 2 N–H and O–H groups in total. The van der Waals surface area contributed by atoms with E-state index in [-0.39, 0.29) is 28.2 Å². The molecule has 0 radical (unpaired) electrons. The summed E-state index contributed by atoms with van der Waals surface area (Å²) in [6.45, 7) is -0.653. The Morgan fingerprint density at radius 3 is 2.43 bits per heavy atom. The number of alkyl halides is 4. The summed E-state index contributed by atoms with van der Waals surface area (Å²) in [5, 5.41) is 5.43. The maximum Gasteiger partial charge on any atom is 0.417 e. The normalized spacial score (nSPS) is 11.2. The number of nitrogens with zero attached hydrogens (tertiary/aromatic N) is 3. The molecule has 0 atom stereocenters. The molecule has 4 aromatic rings. The number of halogens is 5. The van der Waals surface area contributed by atoms with Gasteiger partial charge in [-0.3, -0.25) is 9.78 Å². The van der Waals surface area contributed by atoms with Crippen LogP contribution in [0.5, 0.6) is 0 Å². The number of amides is 1. The van der Waals surface area contributed by atoms with Crippen LogP contribution >= 0.6 is 0 Å². The number of rotatable bonds is 6. The molecule has 6 nitrogen and oxygen atoms in total. The minimum atomic E-state index is -4.82. The van der Waals surface area contributed by atoms with Gasteiger partial charge in [0.15, 0.2) is 0 Å². The van der Waals surface area contributed by atoms with Crippen molar-refractivity contribution in [2.75, 3.05) is 10.6 Å². The lowest BCUT2D eigenvalue weighted by molar-refractivity contribution is -0.137. The Labute approximate surface area is 195 Å². The minimum Gasteiger partial charge on any atom is -0.325 e. The van der Waals surface area contributed by atoms with E-state index in [4.69, 9.17) is 0 Å². The monoisotopic (exact) mass is 485 g/mol. The largest absolute Gasteiger partial charge is 0.417 e. The number of benzene rings is 1. The van der Waals surface area contributed by atoms with Crippen LogP contribution in [-0.2, 0) is 12.9 Å². The number of nitrogens with one attached hydrogen (secondary N) is 2. The lowest BCUT2D eigenvalue weighted by Crippen LogP contribution is -2.14. The lowest BCUT2D eigenvalue weighted by Gasteiger charge is -2.16. The van der Waals surface area contributed by atoms with Crippen molar-refractivity contribution in [1.29, 1.82) is 0 Å². The zero-order valence-electron chi connectivity index (χ0n) is 17.8. The van der Waals surface area contributed by atoms with Gasteiger partial charge in [0.05, 0.1) is 17.4 Å². The molecule has 0 unspecified atom stereocenters. The van der Waals surface area contributed by atoms with Crippen LogP contribution in [0.3, 0.4) is 0 Å². The Balaban J connectivity index is 1.60. The Hall–Kier alpha value is -4.41. The number of carbonyl (C=O) groups excluding carboxylic acids is 1. The van der Waals surface area contributed by atoms with Crippen molar-refractivity contribution in [2.24, 2.45) is 0 Å². The highest BCUT2D eigenvalue weighted by atomic mass is 19.4. The molecule has 4 rings (SSSR count). The highest BCUT2D eigenvalue weighted by molar-refractivity contribution is 6.06. The molecule has 0 aliphatic heterocycles. The molecule has 3 heterocycles. The van der Waals surface area contributed by atoms with E-state index in [9.17, 15) is 26.7 Å². The van der Waals surface area contributed by atoms with Crippen molar-refractivity contribution < 1.29 is 26.7 Å². The summed E-state index contributed by atoms with van der Waals surface area (Å²) in [5.74, 6) is -1.03. The number of pyridine rings is 3. The Kier molecular flexibility index (Phi) is 6.67. The van der Waals surface area contributed by atoms with Crippen molar-refractivity contribution in [3.8, 4) is 11.1 Å². The number of carbonyl (C=O) groups is 1. The summed E-state index contributed by atoms with van der Waals surface area (Å²) < 4.78 is 66.8. The van der Waals surface area contributed by atoms with E-state index in [0.717, 1.165) is 12.1 Å². The van der Waals surface area contributed by atoms with Crippen molar-refractivity contribution >= 4 is 23.2 Å². The van der Waals surface area contributed by atoms with Crippen LogP contribution in [0.4, 0.5) is 39.3 Å². The molecule has 0 saturated heterocycles. The minimum absolute atomic E-state index is 0.00408. The summed E-state index contributed by atoms with van der Waals surface area (Å²) in [4.78, 5) is 24.9. The van der Waals surface area contributed by atoms with Crippen molar-refractivity contribution in [1.82, 2.24) is 15.0 Å². The van der Waals surface area contributed by atoms with Gasteiger partial charge in [-0.2, -0.15) is 13.2 Å². The van der Waals surface area contributed by atoms with Gasteiger partial charge in [-0.15, -0.1) is 0 Å². The number of aromatic nitrogens is 3. The first-order valence-corrected chi connectivity index (χ1v) is 10.1. The van der Waals surface area contributed by atoms with E-state index in [2.05, 4.69) is 25.6 Å². The molecule has 0 aliphatic carbocycles. The third kappa shape index (κ3) is 5.57. The van der Waals surface area contributed by atoms with Gasteiger partial charge in [-0.05, 0) is 42.0 Å². The predicted molar refractivity (Wildman–Crippen MR) is 119 cm³/mol. The highest BCUT2D eigenvalue weighted by Crippen LogP contribution is 2.39. The van der Waals surface area contributed by atoms with Crippen molar-refractivity contribution in [3.63, 3.8) is 0 Å². The second kappa shape index (κ2) is 9.84. The summed E-state index contributed by atoms with van der Waals surface area (Å²) in [5.41, 5.74) is -0.918. The van der Waals surface area contributed by atoms with Gasteiger partial charge in [-0.25, -0.2) is 18.7 Å². The highest BCUT2D eigenvalue weighted by Gasteiger charge is 2.34. The molecule has 35 heavy (non-hydrogen) atoms. The zero-order chi connectivity index (χ0) is 25.0. The average molecular weight is 485 g/mol. The topological polar surface area (TPSA) is 79.8 Å². The molecule has 0 bridgehead atoms. The molecule has 0 fully saturated rings. The Bertz CT molecular complexity index is 1360. The van der Waals surface area contributed by atoms with Gasteiger partial charge in [-0.1, -0.05) is 12.1 Å². The number of anilines is 3. The number of hydrogen-bond acceptors (Lipinski definition) is 5. The van der Waals surface area contributed by atoms with Crippen LogP contribution in [0.25, 0.3) is 11.1 Å². The SMILES string of the molecule is O=C(Nc1cnccc1-c1ccc(F)cc1C(F)(F)F)c1ccnc(Nc2ccc(CF)cn2)c1. The summed E-state index contributed by atoms with van der Waals surface area (Å²) in [6.07, 6.45) is 0.369. The molecular weight excluding hydrogens is 469 g/mol. The third-order valence-corrected chi connectivity index (χ3v) is 4.90. The molecular formula is C24H16F5N5O.